The van der Waals surface area contributed by atoms with Crippen LogP contribution in [-0.4, -0.2) is 16.4 Å². The molecule has 1 heterocycles. The van der Waals surface area contributed by atoms with Crippen LogP contribution in [-0.2, 0) is 17.9 Å². The summed E-state index contributed by atoms with van der Waals surface area (Å²) in [7, 11) is 0. The standard InChI is InChI=1S/C25H31N3O2/c1-4-5-13-28-22-12-11-21(27-24(29)14-18(2)3)15-20(22)16-23(28)25(30)26-17-19-9-7-6-8-10-19/h6-12,15-16,18H,4-5,13-14,17H2,1-3H3,(H,26,30)(H,27,29). The lowest BCUT2D eigenvalue weighted by molar-refractivity contribution is -0.116. The van der Waals surface area contributed by atoms with E-state index in [2.05, 4.69) is 22.1 Å². The number of rotatable bonds is 9. The number of aromatic nitrogens is 1. The molecule has 3 rings (SSSR count). The largest absolute Gasteiger partial charge is 0.347 e. The zero-order chi connectivity index (χ0) is 21.5. The van der Waals surface area contributed by atoms with E-state index < -0.39 is 0 Å². The van der Waals surface area contributed by atoms with Crippen LogP contribution in [0.4, 0.5) is 5.69 Å². The Balaban J connectivity index is 1.84. The molecule has 0 saturated heterocycles. The average molecular weight is 406 g/mol. The lowest BCUT2D eigenvalue weighted by Crippen LogP contribution is -2.25. The molecule has 2 amide bonds. The number of amides is 2. The monoisotopic (exact) mass is 405 g/mol. The Morgan fingerprint density at radius 3 is 2.50 bits per heavy atom. The van der Waals surface area contributed by atoms with E-state index in [1.807, 2.05) is 68.4 Å². The number of nitrogens with zero attached hydrogens (tertiary/aromatic N) is 1. The number of hydrogen-bond acceptors (Lipinski definition) is 2. The molecule has 0 aliphatic heterocycles. The number of aryl methyl sites for hydroxylation is 1. The number of fused-ring (bicyclic) bond motifs is 1. The zero-order valence-corrected chi connectivity index (χ0v) is 18.1. The highest BCUT2D eigenvalue weighted by Gasteiger charge is 2.16. The molecule has 30 heavy (non-hydrogen) atoms. The van der Waals surface area contributed by atoms with Crippen LogP contribution >= 0.6 is 0 Å². The van der Waals surface area contributed by atoms with Gasteiger partial charge in [0, 0.05) is 36.1 Å². The fraction of sp³-hybridized carbons (Fsp3) is 0.360. The highest BCUT2D eigenvalue weighted by atomic mass is 16.2. The van der Waals surface area contributed by atoms with Gasteiger partial charge in [0.2, 0.25) is 5.91 Å². The van der Waals surface area contributed by atoms with Crippen molar-refractivity contribution in [1.82, 2.24) is 9.88 Å². The third-order valence-corrected chi connectivity index (χ3v) is 5.04. The summed E-state index contributed by atoms with van der Waals surface area (Å²) in [5, 5.41) is 6.95. The van der Waals surface area contributed by atoms with Gasteiger partial charge in [-0.2, -0.15) is 0 Å². The van der Waals surface area contributed by atoms with Crippen molar-refractivity contribution in [2.75, 3.05) is 5.32 Å². The van der Waals surface area contributed by atoms with Gasteiger partial charge in [-0.15, -0.1) is 0 Å². The minimum atomic E-state index is -0.0865. The SMILES string of the molecule is CCCCn1c(C(=O)NCc2ccccc2)cc2cc(NC(=O)CC(C)C)ccc21. The van der Waals surface area contributed by atoms with Crippen molar-refractivity contribution in [3.63, 3.8) is 0 Å². The van der Waals surface area contributed by atoms with Gasteiger partial charge in [-0.05, 0) is 42.2 Å². The average Bonchev–Trinajstić information content (AvgIpc) is 3.08. The maximum Gasteiger partial charge on any atom is 0.268 e. The topological polar surface area (TPSA) is 63.1 Å². The number of anilines is 1. The van der Waals surface area contributed by atoms with Gasteiger partial charge in [0.05, 0.1) is 0 Å². The molecule has 0 bridgehead atoms. The van der Waals surface area contributed by atoms with Crippen molar-refractivity contribution in [3.05, 3.63) is 65.9 Å². The van der Waals surface area contributed by atoms with Crippen LogP contribution in [0.15, 0.2) is 54.6 Å². The van der Waals surface area contributed by atoms with Crippen LogP contribution in [0.25, 0.3) is 10.9 Å². The van der Waals surface area contributed by atoms with E-state index in [0.717, 1.165) is 41.5 Å². The number of hydrogen-bond donors (Lipinski definition) is 2. The van der Waals surface area contributed by atoms with Crippen molar-refractivity contribution in [2.45, 2.75) is 53.1 Å². The van der Waals surface area contributed by atoms with Crippen LogP contribution in [0.1, 0.15) is 56.1 Å². The molecule has 0 atom stereocenters. The Kier molecular flexibility index (Phi) is 7.28. The molecule has 158 valence electrons. The fourth-order valence-electron chi connectivity index (χ4n) is 3.55. The van der Waals surface area contributed by atoms with E-state index in [4.69, 9.17) is 0 Å². The van der Waals surface area contributed by atoms with E-state index in [0.29, 0.717) is 24.6 Å². The third-order valence-electron chi connectivity index (χ3n) is 5.04. The first kappa shape index (κ1) is 21.6. The van der Waals surface area contributed by atoms with Gasteiger partial charge in [0.25, 0.3) is 5.91 Å². The summed E-state index contributed by atoms with van der Waals surface area (Å²) in [6, 6.07) is 17.7. The number of nitrogens with one attached hydrogen (secondary N) is 2. The second kappa shape index (κ2) is 10.1. The van der Waals surface area contributed by atoms with E-state index in [1.54, 1.807) is 0 Å². The van der Waals surface area contributed by atoms with Gasteiger partial charge in [-0.1, -0.05) is 57.5 Å². The Bertz CT molecular complexity index is 1010. The first-order chi connectivity index (χ1) is 14.5. The third kappa shape index (κ3) is 5.50. The maximum atomic E-state index is 13.0. The number of carbonyl (C=O) groups is 2. The Morgan fingerprint density at radius 1 is 1.03 bits per heavy atom. The van der Waals surface area contributed by atoms with Crippen molar-refractivity contribution in [1.29, 1.82) is 0 Å². The summed E-state index contributed by atoms with van der Waals surface area (Å²) in [6.45, 7) is 7.47. The second-order valence-electron chi connectivity index (χ2n) is 8.12. The van der Waals surface area contributed by atoms with Crippen molar-refractivity contribution in [3.8, 4) is 0 Å². The Labute approximate surface area is 178 Å². The van der Waals surface area contributed by atoms with Crippen LogP contribution in [0, 0.1) is 5.92 Å². The van der Waals surface area contributed by atoms with Crippen LogP contribution in [0.2, 0.25) is 0 Å². The predicted molar refractivity (Wildman–Crippen MR) is 123 cm³/mol. The summed E-state index contributed by atoms with van der Waals surface area (Å²) < 4.78 is 2.08. The Hall–Kier alpha value is -3.08. The van der Waals surface area contributed by atoms with Crippen molar-refractivity contribution < 1.29 is 9.59 Å². The van der Waals surface area contributed by atoms with Gasteiger partial charge >= 0.3 is 0 Å². The first-order valence-electron chi connectivity index (χ1n) is 10.7. The van der Waals surface area contributed by atoms with Crippen molar-refractivity contribution in [2.24, 2.45) is 5.92 Å². The lowest BCUT2D eigenvalue weighted by Gasteiger charge is -2.11. The minimum absolute atomic E-state index is 0.00981. The normalized spacial score (nSPS) is 11.1. The van der Waals surface area contributed by atoms with E-state index in [9.17, 15) is 9.59 Å². The molecule has 5 heteroatoms. The lowest BCUT2D eigenvalue weighted by atomic mass is 10.1. The van der Waals surface area contributed by atoms with E-state index in [-0.39, 0.29) is 11.8 Å². The molecular formula is C25H31N3O2. The second-order valence-corrected chi connectivity index (χ2v) is 8.12. The maximum absolute atomic E-state index is 13.0. The summed E-state index contributed by atoms with van der Waals surface area (Å²) in [5.74, 6) is 0.232. The molecule has 1 aromatic heterocycles. The van der Waals surface area contributed by atoms with Crippen LogP contribution in [0.3, 0.4) is 0 Å². The van der Waals surface area contributed by atoms with Gasteiger partial charge in [-0.3, -0.25) is 9.59 Å². The van der Waals surface area contributed by atoms with Gasteiger partial charge in [0.15, 0.2) is 0 Å². The highest BCUT2D eigenvalue weighted by Crippen LogP contribution is 2.25. The molecular weight excluding hydrogens is 374 g/mol. The van der Waals surface area contributed by atoms with Crippen LogP contribution in [0.5, 0.6) is 0 Å². The minimum Gasteiger partial charge on any atom is -0.347 e. The molecule has 5 nitrogen and oxygen atoms in total. The molecule has 0 saturated carbocycles. The number of benzene rings is 2. The summed E-state index contributed by atoms with van der Waals surface area (Å²) in [6.07, 6.45) is 2.53. The molecule has 0 aliphatic rings. The molecule has 0 fully saturated rings. The van der Waals surface area contributed by atoms with E-state index in [1.165, 1.54) is 0 Å². The molecule has 0 radical (unpaired) electrons. The summed E-state index contributed by atoms with van der Waals surface area (Å²) >= 11 is 0. The molecule has 0 spiro atoms. The van der Waals surface area contributed by atoms with Gasteiger partial charge in [-0.25, -0.2) is 0 Å². The zero-order valence-electron chi connectivity index (χ0n) is 18.1. The molecule has 0 aliphatic carbocycles. The van der Waals surface area contributed by atoms with Gasteiger partial charge in [0.1, 0.15) is 5.69 Å². The van der Waals surface area contributed by atoms with Crippen LogP contribution < -0.4 is 10.6 Å². The Morgan fingerprint density at radius 2 is 1.80 bits per heavy atom. The quantitative estimate of drug-likeness (QED) is 0.504. The first-order valence-corrected chi connectivity index (χ1v) is 10.7. The summed E-state index contributed by atoms with van der Waals surface area (Å²) in [4.78, 5) is 25.1. The predicted octanol–water partition coefficient (Wildman–Crippen LogP) is 5.36. The molecule has 3 aromatic rings. The number of unbranched alkanes of at least 4 members (excludes halogenated alkanes) is 1. The van der Waals surface area contributed by atoms with Crippen molar-refractivity contribution >= 4 is 28.4 Å². The fourth-order valence-corrected chi connectivity index (χ4v) is 3.55. The molecule has 2 aromatic carbocycles. The molecule has 2 N–H and O–H groups in total. The van der Waals surface area contributed by atoms with Gasteiger partial charge < -0.3 is 15.2 Å². The summed E-state index contributed by atoms with van der Waals surface area (Å²) in [5.41, 5.74) is 3.49. The highest BCUT2D eigenvalue weighted by molar-refractivity contribution is 6.00. The number of carbonyl (C=O) groups excluding carboxylic acids is 2. The molecule has 0 unspecified atom stereocenters. The smallest absolute Gasteiger partial charge is 0.268 e. The van der Waals surface area contributed by atoms with E-state index >= 15 is 0 Å².